The molecule has 2 heterocycles. The first-order valence-corrected chi connectivity index (χ1v) is 4.80. The minimum Gasteiger partial charge on any atom is -0.454 e. The zero-order valence-corrected chi connectivity index (χ0v) is 8.73. The zero-order chi connectivity index (χ0) is 11.4. The quantitative estimate of drug-likeness (QED) is 0.613. The Labute approximate surface area is 94.1 Å². The minimum atomic E-state index is -1.09. The van der Waals surface area contributed by atoms with Gasteiger partial charge in [-0.05, 0) is 30.9 Å². The molecular weight excluding hydrogens is 204 g/mol. The SMILES string of the molecule is CC#CC#C/C=C1\C=C[C@@]2(OC=C[C@@H]2O)O1. The van der Waals surface area contributed by atoms with Crippen LogP contribution in [0.25, 0.3) is 0 Å². The van der Waals surface area contributed by atoms with E-state index in [1.807, 2.05) is 0 Å². The highest BCUT2D eigenvalue weighted by Crippen LogP contribution is 2.34. The Balaban J connectivity index is 2.07. The Morgan fingerprint density at radius 1 is 1.50 bits per heavy atom. The van der Waals surface area contributed by atoms with E-state index in [0.29, 0.717) is 5.76 Å². The Morgan fingerprint density at radius 2 is 2.38 bits per heavy atom. The number of hydrogen-bond donors (Lipinski definition) is 1. The van der Waals surface area contributed by atoms with Gasteiger partial charge in [-0.15, -0.1) is 0 Å². The predicted molar refractivity (Wildman–Crippen MR) is 58.5 cm³/mol. The van der Waals surface area contributed by atoms with Crippen molar-refractivity contribution >= 4 is 0 Å². The number of hydrogen-bond acceptors (Lipinski definition) is 3. The molecule has 0 aromatic heterocycles. The largest absolute Gasteiger partial charge is 0.454 e. The van der Waals surface area contributed by atoms with Crippen LogP contribution in [0.5, 0.6) is 0 Å². The molecule has 3 heteroatoms. The number of aliphatic hydroxyl groups excluding tert-OH is 1. The van der Waals surface area contributed by atoms with E-state index >= 15 is 0 Å². The highest BCUT2D eigenvalue weighted by Gasteiger charge is 2.45. The fourth-order valence-corrected chi connectivity index (χ4v) is 1.38. The fourth-order valence-electron chi connectivity index (χ4n) is 1.38. The van der Waals surface area contributed by atoms with Gasteiger partial charge in [-0.2, -0.15) is 0 Å². The smallest absolute Gasteiger partial charge is 0.300 e. The summed E-state index contributed by atoms with van der Waals surface area (Å²) in [5.74, 6) is 10.1. The molecule has 80 valence electrons. The summed E-state index contributed by atoms with van der Waals surface area (Å²) in [5.41, 5.74) is 0. The van der Waals surface area contributed by atoms with E-state index in [1.54, 1.807) is 25.2 Å². The maximum absolute atomic E-state index is 9.63. The van der Waals surface area contributed by atoms with Crippen LogP contribution in [0, 0.1) is 23.7 Å². The number of aliphatic hydroxyl groups is 1. The predicted octanol–water partition coefficient (Wildman–Crippen LogP) is 1.08. The molecule has 2 atom stereocenters. The van der Waals surface area contributed by atoms with Gasteiger partial charge in [0, 0.05) is 12.2 Å². The van der Waals surface area contributed by atoms with Gasteiger partial charge in [0.05, 0.1) is 6.26 Å². The van der Waals surface area contributed by atoms with Crippen LogP contribution < -0.4 is 0 Å². The van der Waals surface area contributed by atoms with Gasteiger partial charge in [-0.25, -0.2) is 0 Å². The standard InChI is InChI=1S/C13H10O3/c1-2-3-4-5-6-11-7-9-13(16-11)12(14)8-10-15-13/h6-10,12,14H,1H3/b11-6+/t12-,13+/m0/s1. The molecule has 1 N–H and O–H groups in total. The van der Waals surface area contributed by atoms with E-state index in [1.165, 1.54) is 12.3 Å². The Hall–Kier alpha value is -2.10. The minimum absolute atomic E-state index is 0.549. The Kier molecular flexibility index (Phi) is 2.72. The van der Waals surface area contributed by atoms with Gasteiger partial charge in [0.15, 0.2) is 6.10 Å². The van der Waals surface area contributed by atoms with E-state index in [4.69, 9.17) is 9.47 Å². The van der Waals surface area contributed by atoms with Crippen molar-refractivity contribution in [3.63, 3.8) is 0 Å². The summed E-state index contributed by atoms with van der Waals surface area (Å²) in [6.45, 7) is 1.72. The van der Waals surface area contributed by atoms with E-state index in [0.717, 1.165) is 0 Å². The third kappa shape index (κ3) is 1.82. The van der Waals surface area contributed by atoms with E-state index in [-0.39, 0.29) is 0 Å². The molecule has 0 fully saturated rings. The summed E-state index contributed by atoms with van der Waals surface area (Å²) in [6, 6.07) is 0. The molecule has 0 aromatic rings. The molecule has 0 amide bonds. The Bertz CT molecular complexity index is 491. The number of ether oxygens (including phenoxy) is 2. The van der Waals surface area contributed by atoms with Crippen molar-refractivity contribution < 1.29 is 14.6 Å². The highest BCUT2D eigenvalue weighted by atomic mass is 16.7. The molecule has 1 spiro atoms. The second-order valence-electron chi connectivity index (χ2n) is 3.24. The van der Waals surface area contributed by atoms with Gasteiger partial charge in [0.1, 0.15) is 5.76 Å². The maximum atomic E-state index is 9.63. The summed E-state index contributed by atoms with van der Waals surface area (Å²) in [6.07, 6.45) is 7.12. The van der Waals surface area contributed by atoms with Gasteiger partial charge in [0.25, 0.3) is 0 Å². The average Bonchev–Trinajstić information content (AvgIpc) is 2.84. The lowest BCUT2D eigenvalue weighted by atomic mass is 10.1. The van der Waals surface area contributed by atoms with E-state index < -0.39 is 11.9 Å². The van der Waals surface area contributed by atoms with E-state index in [2.05, 4.69) is 23.7 Å². The van der Waals surface area contributed by atoms with Crippen LogP contribution in [0.4, 0.5) is 0 Å². The van der Waals surface area contributed by atoms with Crippen LogP contribution in [0.1, 0.15) is 6.92 Å². The van der Waals surface area contributed by atoms with Crippen molar-refractivity contribution in [2.45, 2.75) is 18.8 Å². The van der Waals surface area contributed by atoms with Crippen molar-refractivity contribution in [1.29, 1.82) is 0 Å². The molecule has 2 aliphatic heterocycles. The molecule has 0 unspecified atom stereocenters. The van der Waals surface area contributed by atoms with Crippen LogP contribution in [0.15, 0.2) is 36.3 Å². The highest BCUT2D eigenvalue weighted by molar-refractivity contribution is 5.36. The molecule has 0 saturated carbocycles. The summed E-state index contributed by atoms with van der Waals surface area (Å²) in [5, 5.41) is 9.63. The zero-order valence-electron chi connectivity index (χ0n) is 8.73. The first-order chi connectivity index (χ1) is 7.77. The molecule has 16 heavy (non-hydrogen) atoms. The lowest BCUT2D eigenvalue weighted by Gasteiger charge is -2.24. The normalized spacial score (nSPS) is 31.6. The second-order valence-corrected chi connectivity index (χ2v) is 3.24. The monoisotopic (exact) mass is 214 g/mol. The molecule has 0 saturated heterocycles. The summed E-state index contributed by atoms with van der Waals surface area (Å²) in [4.78, 5) is 0. The van der Waals surface area contributed by atoms with Crippen LogP contribution in [0.2, 0.25) is 0 Å². The lowest BCUT2D eigenvalue weighted by Crippen LogP contribution is -2.37. The first kappa shape index (κ1) is 10.4. The van der Waals surface area contributed by atoms with Gasteiger partial charge in [-0.3, -0.25) is 0 Å². The summed E-state index contributed by atoms with van der Waals surface area (Å²) in [7, 11) is 0. The van der Waals surface area contributed by atoms with Crippen LogP contribution in [-0.4, -0.2) is 17.0 Å². The first-order valence-electron chi connectivity index (χ1n) is 4.80. The molecule has 0 aliphatic carbocycles. The van der Waals surface area contributed by atoms with Gasteiger partial charge in [0.2, 0.25) is 0 Å². The van der Waals surface area contributed by atoms with Crippen molar-refractivity contribution in [2.75, 3.05) is 0 Å². The van der Waals surface area contributed by atoms with Crippen molar-refractivity contribution in [3.8, 4) is 23.7 Å². The lowest BCUT2D eigenvalue weighted by molar-refractivity contribution is -0.165. The van der Waals surface area contributed by atoms with Gasteiger partial charge < -0.3 is 14.6 Å². The molecule has 0 bridgehead atoms. The topological polar surface area (TPSA) is 38.7 Å². The molecule has 2 aliphatic rings. The van der Waals surface area contributed by atoms with Crippen molar-refractivity contribution in [2.24, 2.45) is 0 Å². The van der Waals surface area contributed by atoms with Crippen LogP contribution in [-0.2, 0) is 9.47 Å². The molecule has 2 rings (SSSR count). The fraction of sp³-hybridized carbons (Fsp3) is 0.231. The number of rotatable bonds is 0. The Morgan fingerprint density at radius 3 is 3.06 bits per heavy atom. The molecule has 0 radical (unpaired) electrons. The van der Waals surface area contributed by atoms with Gasteiger partial charge in [-0.1, -0.05) is 11.8 Å². The average molecular weight is 214 g/mol. The third-order valence-corrected chi connectivity index (χ3v) is 2.16. The molecule has 3 nitrogen and oxygen atoms in total. The van der Waals surface area contributed by atoms with Crippen molar-refractivity contribution in [3.05, 3.63) is 36.3 Å². The molecular formula is C13H10O3. The van der Waals surface area contributed by atoms with Crippen molar-refractivity contribution in [1.82, 2.24) is 0 Å². The summed E-state index contributed by atoms with van der Waals surface area (Å²) >= 11 is 0. The van der Waals surface area contributed by atoms with Crippen LogP contribution in [0.3, 0.4) is 0 Å². The second kappa shape index (κ2) is 4.18. The third-order valence-electron chi connectivity index (χ3n) is 2.16. The van der Waals surface area contributed by atoms with Gasteiger partial charge >= 0.3 is 5.79 Å². The summed E-state index contributed by atoms with van der Waals surface area (Å²) < 4.78 is 10.7. The number of allylic oxidation sites excluding steroid dienone is 2. The molecule has 0 aromatic carbocycles. The maximum Gasteiger partial charge on any atom is 0.300 e. The van der Waals surface area contributed by atoms with Crippen LogP contribution >= 0.6 is 0 Å². The van der Waals surface area contributed by atoms with E-state index in [9.17, 15) is 5.11 Å².